The first-order valence-electron chi connectivity index (χ1n) is 6.53. The second-order valence-electron chi connectivity index (χ2n) is 4.25. The molecule has 1 amide bonds. The number of hydrogen-bond donors (Lipinski definition) is 1. The van der Waals surface area contributed by atoms with Gasteiger partial charge in [0.25, 0.3) is 0 Å². The normalized spacial score (nSPS) is 12.4. The highest BCUT2D eigenvalue weighted by Gasteiger charge is 2.17. The summed E-state index contributed by atoms with van der Waals surface area (Å²) in [5.74, 6) is 0.923. The Balaban J connectivity index is 2.53. The minimum absolute atomic E-state index is 0.0101. The summed E-state index contributed by atoms with van der Waals surface area (Å²) < 4.78 is 7.13. The van der Waals surface area contributed by atoms with Gasteiger partial charge in [0.15, 0.2) is 0 Å². The quantitative estimate of drug-likeness (QED) is 0.719. The van der Waals surface area contributed by atoms with Crippen molar-refractivity contribution >= 4 is 5.91 Å². The van der Waals surface area contributed by atoms with E-state index in [2.05, 4.69) is 17.2 Å². The number of carbonyl (C=O) groups is 1. The van der Waals surface area contributed by atoms with Crippen LogP contribution in [-0.4, -0.2) is 28.7 Å². The van der Waals surface area contributed by atoms with Gasteiger partial charge in [-0.05, 0) is 13.3 Å². The average molecular weight is 253 g/mol. The number of amides is 1. The molecule has 0 aliphatic heterocycles. The predicted octanol–water partition coefficient (Wildman–Crippen LogP) is 1.80. The largest absolute Gasteiger partial charge is 0.381 e. The van der Waals surface area contributed by atoms with Crippen molar-refractivity contribution in [2.75, 3.05) is 13.2 Å². The van der Waals surface area contributed by atoms with Gasteiger partial charge >= 0.3 is 0 Å². The van der Waals surface area contributed by atoms with Crippen LogP contribution in [0.3, 0.4) is 0 Å². The first-order chi connectivity index (χ1) is 8.69. The highest BCUT2D eigenvalue weighted by atomic mass is 16.5. The van der Waals surface area contributed by atoms with Crippen molar-refractivity contribution in [2.45, 2.75) is 39.2 Å². The number of nitrogens with one attached hydrogen (secondary N) is 1. The van der Waals surface area contributed by atoms with E-state index in [1.165, 1.54) is 0 Å². The van der Waals surface area contributed by atoms with Gasteiger partial charge in [0.05, 0.1) is 12.6 Å². The molecule has 0 unspecified atom stereocenters. The Kier molecular flexibility index (Phi) is 6.43. The number of imidazole rings is 1. The molecule has 0 spiro atoms. The number of rotatable bonds is 8. The zero-order valence-corrected chi connectivity index (χ0v) is 11.5. The Morgan fingerprint density at radius 3 is 2.89 bits per heavy atom. The molecule has 1 atom stereocenters. The molecule has 5 heteroatoms. The number of nitrogens with zero attached hydrogens (tertiary/aromatic N) is 2. The highest BCUT2D eigenvalue weighted by Crippen LogP contribution is 2.16. The van der Waals surface area contributed by atoms with Crippen LogP contribution in [0.2, 0.25) is 0 Å². The molecule has 1 heterocycles. The van der Waals surface area contributed by atoms with Gasteiger partial charge in [-0.15, -0.1) is 0 Å². The molecule has 1 N–H and O–H groups in total. The fourth-order valence-corrected chi connectivity index (χ4v) is 1.84. The van der Waals surface area contributed by atoms with E-state index >= 15 is 0 Å². The van der Waals surface area contributed by atoms with Crippen LogP contribution >= 0.6 is 0 Å². The number of ether oxygens (including phenoxy) is 1. The summed E-state index contributed by atoms with van der Waals surface area (Å²) in [6, 6.07) is -0.0101. The zero-order valence-electron chi connectivity index (χ0n) is 11.5. The summed E-state index contributed by atoms with van der Waals surface area (Å²) in [4.78, 5) is 16.1. The fourth-order valence-electron chi connectivity index (χ4n) is 1.84. The van der Waals surface area contributed by atoms with Crippen LogP contribution in [0.25, 0.3) is 0 Å². The maximum atomic E-state index is 11.8. The van der Waals surface area contributed by atoms with E-state index in [0.717, 1.165) is 18.7 Å². The van der Waals surface area contributed by atoms with Gasteiger partial charge in [0.1, 0.15) is 5.82 Å². The van der Waals surface area contributed by atoms with Crippen molar-refractivity contribution in [3.8, 4) is 0 Å². The Bertz CT molecular complexity index is 363. The summed E-state index contributed by atoms with van der Waals surface area (Å²) in [5.41, 5.74) is 0. The van der Waals surface area contributed by atoms with E-state index in [0.29, 0.717) is 19.6 Å². The van der Waals surface area contributed by atoms with Crippen molar-refractivity contribution in [3.63, 3.8) is 0 Å². The van der Waals surface area contributed by atoms with E-state index in [9.17, 15) is 4.79 Å². The molecule has 1 rings (SSSR count). The summed E-state index contributed by atoms with van der Waals surface area (Å²) in [5, 5.41) is 3.02. The van der Waals surface area contributed by atoms with Crippen LogP contribution in [0.1, 0.15) is 45.0 Å². The predicted molar refractivity (Wildman–Crippen MR) is 70.1 cm³/mol. The van der Waals surface area contributed by atoms with Gasteiger partial charge in [-0.1, -0.05) is 13.3 Å². The van der Waals surface area contributed by atoms with Gasteiger partial charge in [-0.25, -0.2) is 4.98 Å². The third kappa shape index (κ3) is 4.49. The topological polar surface area (TPSA) is 56.1 Å². The third-order valence-corrected chi connectivity index (χ3v) is 2.76. The Morgan fingerprint density at radius 2 is 2.33 bits per heavy atom. The zero-order chi connectivity index (χ0) is 13.4. The Hall–Kier alpha value is -1.36. The molecule has 0 radical (unpaired) electrons. The first kappa shape index (κ1) is 14.7. The van der Waals surface area contributed by atoms with Gasteiger partial charge in [0, 0.05) is 32.5 Å². The lowest BCUT2D eigenvalue weighted by molar-refractivity contribution is -0.123. The molecule has 0 saturated carbocycles. The summed E-state index contributed by atoms with van der Waals surface area (Å²) in [7, 11) is 1.94. The van der Waals surface area contributed by atoms with Crippen LogP contribution in [0, 0.1) is 0 Å². The third-order valence-electron chi connectivity index (χ3n) is 2.76. The summed E-state index contributed by atoms with van der Waals surface area (Å²) in [6.07, 6.45) is 5.95. The van der Waals surface area contributed by atoms with Crippen LogP contribution in [0.4, 0.5) is 0 Å². The van der Waals surface area contributed by atoms with Crippen LogP contribution < -0.4 is 5.32 Å². The second-order valence-corrected chi connectivity index (χ2v) is 4.25. The second kappa shape index (κ2) is 7.87. The molecule has 5 nitrogen and oxygen atoms in total. The fraction of sp³-hybridized carbons (Fsp3) is 0.692. The first-order valence-corrected chi connectivity index (χ1v) is 6.53. The SMILES string of the molecule is CCC[C@@H](NC(=O)CCOCC)c1nccn1C. The molecular formula is C13H23N3O2. The van der Waals surface area contributed by atoms with Crippen molar-refractivity contribution in [2.24, 2.45) is 7.05 Å². The maximum Gasteiger partial charge on any atom is 0.222 e. The minimum Gasteiger partial charge on any atom is -0.381 e. The molecule has 1 aromatic rings. The number of carbonyl (C=O) groups excluding carboxylic acids is 1. The van der Waals surface area contributed by atoms with Crippen LogP contribution in [-0.2, 0) is 16.6 Å². The summed E-state index contributed by atoms with van der Waals surface area (Å²) >= 11 is 0. The summed E-state index contributed by atoms with van der Waals surface area (Å²) in [6.45, 7) is 5.14. The standard InChI is InChI=1S/C13H23N3O2/c1-4-6-11(13-14-8-9-16(13)3)15-12(17)7-10-18-5-2/h8-9,11H,4-7,10H2,1-3H3,(H,15,17)/t11-/m1/s1. The Labute approximate surface area is 109 Å². The number of aromatic nitrogens is 2. The molecule has 0 fully saturated rings. The number of aryl methyl sites for hydroxylation is 1. The molecule has 102 valence electrons. The average Bonchev–Trinajstić information content (AvgIpc) is 2.75. The molecule has 1 aromatic heterocycles. The molecule has 0 bridgehead atoms. The Morgan fingerprint density at radius 1 is 1.56 bits per heavy atom. The van der Waals surface area contributed by atoms with Crippen LogP contribution in [0.5, 0.6) is 0 Å². The molecule has 0 aliphatic carbocycles. The van der Waals surface area contributed by atoms with E-state index in [-0.39, 0.29) is 11.9 Å². The van der Waals surface area contributed by atoms with Gasteiger partial charge in [0.2, 0.25) is 5.91 Å². The molecule has 0 aromatic carbocycles. The highest BCUT2D eigenvalue weighted by molar-refractivity contribution is 5.76. The van der Waals surface area contributed by atoms with E-state index in [4.69, 9.17) is 4.74 Å². The number of hydrogen-bond acceptors (Lipinski definition) is 3. The maximum absolute atomic E-state index is 11.8. The molecule has 0 aliphatic rings. The van der Waals surface area contributed by atoms with E-state index in [1.807, 2.05) is 24.7 Å². The van der Waals surface area contributed by atoms with E-state index in [1.54, 1.807) is 6.20 Å². The minimum atomic E-state index is -0.0101. The van der Waals surface area contributed by atoms with Crippen molar-refractivity contribution < 1.29 is 9.53 Å². The smallest absolute Gasteiger partial charge is 0.222 e. The van der Waals surface area contributed by atoms with Crippen molar-refractivity contribution in [3.05, 3.63) is 18.2 Å². The van der Waals surface area contributed by atoms with Crippen molar-refractivity contribution in [1.82, 2.24) is 14.9 Å². The van der Waals surface area contributed by atoms with Gasteiger partial charge in [-0.3, -0.25) is 4.79 Å². The lowest BCUT2D eigenvalue weighted by Gasteiger charge is -2.17. The molecule has 0 saturated heterocycles. The van der Waals surface area contributed by atoms with Gasteiger partial charge < -0.3 is 14.6 Å². The molecule has 18 heavy (non-hydrogen) atoms. The van der Waals surface area contributed by atoms with Crippen molar-refractivity contribution in [1.29, 1.82) is 0 Å². The van der Waals surface area contributed by atoms with Crippen LogP contribution in [0.15, 0.2) is 12.4 Å². The molecular weight excluding hydrogens is 230 g/mol. The monoisotopic (exact) mass is 253 g/mol. The van der Waals surface area contributed by atoms with Gasteiger partial charge in [-0.2, -0.15) is 0 Å². The lowest BCUT2D eigenvalue weighted by Crippen LogP contribution is -2.30. The van der Waals surface area contributed by atoms with E-state index < -0.39 is 0 Å². The lowest BCUT2D eigenvalue weighted by atomic mass is 10.1.